The second kappa shape index (κ2) is 10.9. The Morgan fingerprint density at radius 1 is 0.947 bits per heavy atom. The summed E-state index contributed by atoms with van der Waals surface area (Å²) in [7, 11) is 0. The van der Waals surface area contributed by atoms with Crippen molar-refractivity contribution in [2.75, 3.05) is 19.7 Å². The van der Waals surface area contributed by atoms with E-state index >= 15 is 0 Å². The molecule has 2 heteroatoms. The van der Waals surface area contributed by atoms with E-state index < -0.39 is 0 Å². The van der Waals surface area contributed by atoms with Gasteiger partial charge in [-0.1, -0.05) is 32.4 Å². The fourth-order valence-electron chi connectivity index (χ4n) is 2.03. The lowest BCUT2D eigenvalue weighted by molar-refractivity contribution is 0.305. The summed E-state index contributed by atoms with van der Waals surface area (Å²) in [6.45, 7) is 7.41. The van der Waals surface area contributed by atoms with Gasteiger partial charge in [-0.05, 0) is 62.9 Å². The van der Waals surface area contributed by atoms with E-state index in [0.29, 0.717) is 0 Å². The fourth-order valence-corrected chi connectivity index (χ4v) is 2.03. The van der Waals surface area contributed by atoms with E-state index in [4.69, 9.17) is 4.74 Å². The van der Waals surface area contributed by atoms with Gasteiger partial charge in [0.25, 0.3) is 0 Å². The highest BCUT2D eigenvalue weighted by Gasteiger charge is 1.96. The van der Waals surface area contributed by atoms with Crippen LogP contribution in [0.5, 0.6) is 5.75 Å². The molecule has 0 unspecified atom stereocenters. The quantitative estimate of drug-likeness (QED) is 0.604. The Balaban J connectivity index is 2.09. The molecule has 1 aromatic carbocycles. The average molecular weight is 263 g/mol. The Morgan fingerprint density at radius 2 is 1.74 bits per heavy atom. The van der Waals surface area contributed by atoms with Crippen molar-refractivity contribution in [1.29, 1.82) is 0 Å². The molecule has 0 spiro atoms. The predicted octanol–water partition coefficient (Wildman–Crippen LogP) is 4.19. The topological polar surface area (TPSA) is 21.3 Å². The molecule has 0 fully saturated rings. The van der Waals surface area contributed by atoms with Crippen LogP contribution in [0.25, 0.3) is 0 Å². The maximum atomic E-state index is 5.75. The van der Waals surface area contributed by atoms with Gasteiger partial charge in [-0.2, -0.15) is 0 Å². The van der Waals surface area contributed by atoms with Gasteiger partial charge in [0.2, 0.25) is 0 Å². The van der Waals surface area contributed by atoms with Gasteiger partial charge >= 0.3 is 0 Å². The van der Waals surface area contributed by atoms with Crippen LogP contribution in [0, 0.1) is 0 Å². The lowest BCUT2D eigenvalue weighted by atomic mass is 10.1. The van der Waals surface area contributed by atoms with Crippen LogP contribution in [0.15, 0.2) is 24.3 Å². The van der Waals surface area contributed by atoms with E-state index in [9.17, 15) is 0 Å². The summed E-state index contributed by atoms with van der Waals surface area (Å²) in [6, 6.07) is 8.58. The molecule has 0 atom stereocenters. The van der Waals surface area contributed by atoms with E-state index in [1.54, 1.807) is 0 Å². The first-order valence-corrected chi connectivity index (χ1v) is 7.79. The number of hydrogen-bond acceptors (Lipinski definition) is 2. The highest BCUT2D eigenvalue weighted by molar-refractivity contribution is 5.27. The molecular formula is C17H29NO. The summed E-state index contributed by atoms with van der Waals surface area (Å²) in [5.74, 6) is 1.01. The molecule has 108 valence electrons. The minimum absolute atomic E-state index is 0.834. The molecular weight excluding hydrogens is 234 g/mol. The van der Waals surface area contributed by atoms with Crippen molar-refractivity contribution in [2.45, 2.75) is 52.4 Å². The molecule has 0 aromatic heterocycles. The minimum atomic E-state index is 0.834. The number of hydrogen-bond donors (Lipinski definition) is 1. The Labute approximate surface area is 118 Å². The van der Waals surface area contributed by atoms with Crippen LogP contribution >= 0.6 is 0 Å². The van der Waals surface area contributed by atoms with Crippen LogP contribution in [-0.4, -0.2) is 19.7 Å². The normalized spacial score (nSPS) is 10.6. The first kappa shape index (κ1) is 16.0. The van der Waals surface area contributed by atoms with E-state index in [-0.39, 0.29) is 0 Å². The summed E-state index contributed by atoms with van der Waals surface area (Å²) in [5.41, 5.74) is 1.42. The number of unbranched alkanes of at least 4 members (excludes halogenated alkanes) is 3. The maximum absolute atomic E-state index is 5.75. The van der Waals surface area contributed by atoms with Gasteiger partial charge in [0.05, 0.1) is 6.61 Å². The zero-order valence-corrected chi connectivity index (χ0v) is 12.6. The van der Waals surface area contributed by atoms with Crippen molar-refractivity contribution < 1.29 is 4.74 Å². The van der Waals surface area contributed by atoms with Crippen molar-refractivity contribution >= 4 is 0 Å². The largest absolute Gasteiger partial charge is 0.494 e. The summed E-state index contributed by atoms with van der Waals surface area (Å²) in [6.07, 6.45) is 7.33. The molecule has 0 aliphatic rings. The van der Waals surface area contributed by atoms with Gasteiger partial charge in [-0.25, -0.2) is 0 Å². The second-order valence-electron chi connectivity index (χ2n) is 5.01. The monoisotopic (exact) mass is 263 g/mol. The van der Waals surface area contributed by atoms with Crippen LogP contribution in [0.2, 0.25) is 0 Å². The molecule has 0 bridgehead atoms. The van der Waals surface area contributed by atoms with Crippen LogP contribution in [0.1, 0.15) is 51.5 Å². The highest BCUT2D eigenvalue weighted by Crippen LogP contribution is 2.14. The first-order chi connectivity index (χ1) is 9.36. The van der Waals surface area contributed by atoms with E-state index in [2.05, 4.69) is 43.4 Å². The van der Waals surface area contributed by atoms with Crippen molar-refractivity contribution in [2.24, 2.45) is 0 Å². The zero-order valence-electron chi connectivity index (χ0n) is 12.6. The van der Waals surface area contributed by atoms with E-state index in [1.165, 1.54) is 37.7 Å². The molecule has 0 saturated carbocycles. The van der Waals surface area contributed by atoms with Crippen molar-refractivity contribution in [3.05, 3.63) is 29.8 Å². The molecule has 0 saturated heterocycles. The highest BCUT2D eigenvalue weighted by atomic mass is 16.5. The molecule has 0 heterocycles. The molecule has 1 aromatic rings. The van der Waals surface area contributed by atoms with Gasteiger partial charge < -0.3 is 10.1 Å². The lowest BCUT2D eigenvalue weighted by Crippen LogP contribution is -2.14. The van der Waals surface area contributed by atoms with Crippen LogP contribution in [0.3, 0.4) is 0 Å². The summed E-state index contributed by atoms with van der Waals surface area (Å²) >= 11 is 0. The Hall–Kier alpha value is -1.02. The van der Waals surface area contributed by atoms with Gasteiger partial charge in [0.15, 0.2) is 0 Å². The SMILES string of the molecule is CCCCc1ccc(OCCCCCNCC)cc1. The van der Waals surface area contributed by atoms with Crippen LogP contribution in [0.4, 0.5) is 0 Å². The third-order valence-corrected chi connectivity index (χ3v) is 3.26. The second-order valence-corrected chi connectivity index (χ2v) is 5.01. The van der Waals surface area contributed by atoms with Gasteiger partial charge in [0, 0.05) is 0 Å². The molecule has 0 radical (unpaired) electrons. The third-order valence-electron chi connectivity index (χ3n) is 3.26. The summed E-state index contributed by atoms with van der Waals surface area (Å²) in [4.78, 5) is 0. The van der Waals surface area contributed by atoms with Crippen LogP contribution in [-0.2, 0) is 6.42 Å². The van der Waals surface area contributed by atoms with E-state index in [0.717, 1.165) is 31.9 Å². The average Bonchev–Trinajstić information content (AvgIpc) is 2.45. The molecule has 2 nitrogen and oxygen atoms in total. The molecule has 1 rings (SSSR count). The van der Waals surface area contributed by atoms with E-state index in [1.807, 2.05) is 0 Å². The smallest absolute Gasteiger partial charge is 0.119 e. The standard InChI is InChI=1S/C17H29NO/c1-3-5-9-16-10-12-17(13-11-16)19-15-8-6-7-14-18-4-2/h10-13,18H,3-9,14-15H2,1-2H3. The minimum Gasteiger partial charge on any atom is -0.494 e. The van der Waals surface area contributed by atoms with Gasteiger partial charge in [-0.15, -0.1) is 0 Å². The first-order valence-electron chi connectivity index (χ1n) is 7.79. The number of rotatable bonds is 11. The lowest BCUT2D eigenvalue weighted by Gasteiger charge is -2.07. The predicted molar refractivity (Wildman–Crippen MR) is 82.9 cm³/mol. The zero-order chi connectivity index (χ0) is 13.8. The maximum Gasteiger partial charge on any atom is 0.119 e. The molecule has 0 aliphatic carbocycles. The Morgan fingerprint density at radius 3 is 2.42 bits per heavy atom. The third kappa shape index (κ3) is 7.89. The van der Waals surface area contributed by atoms with Gasteiger partial charge in [0.1, 0.15) is 5.75 Å². The number of benzene rings is 1. The fraction of sp³-hybridized carbons (Fsp3) is 0.647. The Bertz CT molecular complexity index is 308. The number of ether oxygens (including phenoxy) is 1. The molecule has 0 amide bonds. The molecule has 1 N–H and O–H groups in total. The van der Waals surface area contributed by atoms with Crippen molar-refractivity contribution in [1.82, 2.24) is 5.32 Å². The van der Waals surface area contributed by atoms with Crippen LogP contribution < -0.4 is 10.1 Å². The summed E-state index contributed by atoms with van der Waals surface area (Å²) in [5, 5.41) is 3.34. The molecule has 0 aliphatic heterocycles. The molecule has 19 heavy (non-hydrogen) atoms. The van der Waals surface area contributed by atoms with Crippen molar-refractivity contribution in [3.63, 3.8) is 0 Å². The Kier molecular flexibility index (Phi) is 9.17. The number of aryl methyl sites for hydroxylation is 1. The number of nitrogens with one attached hydrogen (secondary N) is 1. The van der Waals surface area contributed by atoms with Crippen molar-refractivity contribution in [3.8, 4) is 5.75 Å². The van der Waals surface area contributed by atoms with Gasteiger partial charge in [-0.3, -0.25) is 0 Å². The summed E-state index contributed by atoms with van der Waals surface area (Å²) < 4.78 is 5.75.